The topological polar surface area (TPSA) is 33.1 Å². The first kappa shape index (κ1) is 16.1. The lowest BCUT2D eigenvalue weighted by Crippen LogP contribution is -2.04. The summed E-state index contributed by atoms with van der Waals surface area (Å²) >= 11 is 0. The minimum atomic E-state index is -4.38. The number of rotatable bonds is 1. The molecule has 6 heteroatoms. The van der Waals surface area contributed by atoms with Gasteiger partial charge in [0.25, 0.3) is 0 Å². The molecule has 1 aromatic heterocycles. The lowest BCUT2D eigenvalue weighted by molar-refractivity contribution is -0.137. The minimum Gasteiger partial charge on any atom is -0.506 e. The highest BCUT2D eigenvalue weighted by Crippen LogP contribution is 2.33. The van der Waals surface area contributed by atoms with E-state index in [4.69, 9.17) is 0 Å². The average Bonchev–Trinajstić information content (AvgIpc) is 2.46. The Morgan fingerprint density at radius 1 is 0.909 bits per heavy atom. The molecule has 3 aromatic rings. The lowest BCUT2D eigenvalue weighted by atomic mass is 10.1. The highest BCUT2D eigenvalue weighted by atomic mass is 35.5. The molecule has 0 aliphatic heterocycles. The van der Waals surface area contributed by atoms with Gasteiger partial charge < -0.3 is 5.11 Å². The molecule has 0 aliphatic rings. The van der Waals surface area contributed by atoms with Crippen molar-refractivity contribution >= 4 is 23.3 Å². The molecule has 0 aliphatic carbocycles. The van der Waals surface area contributed by atoms with Gasteiger partial charge in [-0.2, -0.15) is 13.2 Å². The Balaban J connectivity index is 0.00000176. The second kappa shape index (κ2) is 5.85. The van der Waals surface area contributed by atoms with Crippen molar-refractivity contribution in [3.05, 3.63) is 60.2 Å². The number of aromatic nitrogens is 1. The van der Waals surface area contributed by atoms with Crippen LogP contribution in [0.2, 0.25) is 0 Å². The zero-order chi connectivity index (χ0) is 15.0. The average molecular weight is 326 g/mol. The molecule has 3 rings (SSSR count). The number of halogens is 4. The summed E-state index contributed by atoms with van der Waals surface area (Å²) in [5, 5.41) is 10.8. The van der Waals surface area contributed by atoms with Crippen LogP contribution in [0.4, 0.5) is 13.2 Å². The van der Waals surface area contributed by atoms with Crippen molar-refractivity contribution in [3.63, 3.8) is 0 Å². The van der Waals surface area contributed by atoms with Crippen molar-refractivity contribution < 1.29 is 18.3 Å². The van der Waals surface area contributed by atoms with Gasteiger partial charge in [0.15, 0.2) is 0 Å². The zero-order valence-corrected chi connectivity index (χ0v) is 11.9. The number of para-hydroxylation sites is 1. The van der Waals surface area contributed by atoms with Crippen LogP contribution in [0.5, 0.6) is 5.75 Å². The summed E-state index contributed by atoms with van der Waals surface area (Å²) in [7, 11) is 0. The molecule has 0 spiro atoms. The molecule has 0 unspecified atom stereocenters. The molecule has 2 aromatic carbocycles. The molecule has 0 radical (unpaired) electrons. The molecule has 0 saturated heterocycles. The van der Waals surface area contributed by atoms with Crippen LogP contribution in [0.1, 0.15) is 5.56 Å². The van der Waals surface area contributed by atoms with E-state index < -0.39 is 11.7 Å². The molecule has 0 atom stereocenters. The van der Waals surface area contributed by atoms with Gasteiger partial charge in [-0.1, -0.05) is 30.3 Å². The Hall–Kier alpha value is -2.27. The van der Waals surface area contributed by atoms with Gasteiger partial charge in [0.05, 0.1) is 11.1 Å². The van der Waals surface area contributed by atoms with Crippen molar-refractivity contribution in [3.8, 4) is 17.0 Å². The summed E-state index contributed by atoms with van der Waals surface area (Å²) in [6.45, 7) is 0. The highest BCUT2D eigenvalue weighted by molar-refractivity contribution is 5.85. The van der Waals surface area contributed by atoms with E-state index in [0.717, 1.165) is 17.5 Å². The predicted octanol–water partition coefficient (Wildman–Crippen LogP) is 5.05. The predicted molar refractivity (Wildman–Crippen MR) is 81.1 cm³/mol. The van der Waals surface area contributed by atoms with E-state index in [2.05, 4.69) is 4.98 Å². The van der Waals surface area contributed by atoms with Gasteiger partial charge in [-0.3, -0.25) is 0 Å². The first-order valence-corrected chi connectivity index (χ1v) is 6.21. The van der Waals surface area contributed by atoms with Crippen LogP contribution in [-0.2, 0) is 6.18 Å². The van der Waals surface area contributed by atoms with Gasteiger partial charge >= 0.3 is 6.18 Å². The summed E-state index contributed by atoms with van der Waals surface area (Å²) < 4.78 is 37.6. The molecule has 0 fully saturated rings. The van der Waals surface area contributed by atoms with Crippen molar-refractivity contribution in [1.82, 2.24) is 4.98 Å². The monoisotopic (exact) mass is 325 g/mol. The molecule has 114 valence electrons. The minimum absolute atomic E-state index is 0. The number of hydrogen-bond donors (Lipinski definition) is 1. The third kappa shape index (κ3) is 2.99. The molecule has 22 heavy (non-hydrogen) atoms. The van der Waals surface area contributed by atoms with Crippen molar-refractivity contribution in [2.45, 2.75) is 6.18 Å². The van der Waals surface area contributed by atoms with Crippen molar-refractivity contribution in [2.24, 2.45) is 0 Å². The van der Waals surface area contributed by atoms with Gasteiger partial charge in [0.1, 0.15) is 11.4 Å². The molecule has 1 heterocycles. The first-order chi connectivity index (χ1) is 9.95. The summed E-state index contributed by atoms with van der Waals surface area (Å²) in [4.78, 5) is 4.31. The largest absolute Gasteiger partial charge is 0.506 e. The van der Waals surface area contributed by atoms with E-state index in [1.54, 1.807) is 18.2 Å². The van der Waals surface area contributed by atoms with E-state index in [1.807, 2.05) is 12.1 Å². The molecule has 2 nitrogen and oxygen atoms in total. The van der Waals surface area contributed by atoms with E-state index >= 15 is 0 Å². The number of aromatic hydroxyl groups is 1. The van der Waals surface area contributed by atoms with E-state index in [-0.39, 0.29) is 23.9 Å². The Morgan fingerprint density at radius 3 is 2.18 bits per heavy atom. The van der Waals surface area contributed by atoms with Crippen LogP contribution in [0, 0.1) is 0 Å². The summed E-state index contributed by atoms with van der Waals surface area (Å²) in [5.41, 5.74) is 0.644. The summed E-state index contributed by atoms with van der Waals surface area (Å²) in [6.07, 6.45) is -4.38. The van der Waals surface area contributed by atoms with Crippen LogP contribution in [0.25, 0.3) is 22.2 Å². The number of hydrogen-bond acceptors (Lipinski definition) is 2. The summed E-state index contributed by atoms with van der Waals surface area (Å²) in [6, 6.07) is 13.3. The summed E-state index contributed by atoms with van der Waals surface area (Å²) in [5.74, 6) is -0.0616. The number of pyridine rings is 1. The maximum atomic E-state index is 12.5. The maximum Gasteiger partial charge on any atom is 0.416 e. The Bertz CT molecular complexity index is 801. The van der Waals surface area contributed by atoms with E-state index in [9.17, 15) is 18.3 Å². The Labute approximate surface area is 130 Å². The second-order valence-corrected chi connectivity index (χ2v) is 4.62. The van der Waals surface area contributed by atoms with Crippen LogP contribution in [0.15, 0.2) is 54.6 Å². The normalized spacial score (nSPS) is 11.2. The maximum absolute atomic E-state index is 12.5. The van der Waals surface area contributed by atoms with Crippen LogP contribution in [0.3, 0.4) is 0 Å². The van der Waals surface area contributed by atoms with Crippen LogP contribution < -0.4 is 0 Å². The zero-order valence-electron chi connectivity index (χ0n) is 11.1. The molecule has 1 N–H and O–H groups in total. The molecule has 0 amide bonds. The second-order valence-electron chi connectivity index (χ2n) is 4.62. The van der Waals surface area contributed by atoms with Gasteiger partial charge in [-0.15, -0.1) is 12.4 Å². The van der Waals surface area contributed by atoms with Crippen molar-refractivity contribution in [2.75, 3.05) is 0 Å². The third-order valence-electron chi connectivity index (χ3n) is 3.19. The number of fused-ring (bicyclic) bond motifs is 1. The van der Waals surface area contributed by atoms with Crippen LogP contribution >= 0.6 is 12.4 Å². The van der Waals surface area contributed by atoms with E-state index in [0.29, 0.717) is 11.1 Å². The van der Waals surface area contributed by atoms with E-state index in [1.165, 1.54) is 12.1 Å². The van der Waals surface area contributed by atoms with Gasteiger partial charge in [-0.25, -0.2) is 4.98 Å². The fourth-order valence-electron chi connectivity index (χ4n) is 2.13. The first-order valence-electron chi connectivity index (χ1n) is 6.21. The third-order valence-corrected chi connectivity index (χ3v) is 3.19. The van der Waals surface area contributed by atoms with Crippen molar-refractivity contribution in [1.29, 1.82) is 0 Å². The number of benzene rings is 2. The standard InChI is InChI=1S/C16H10F3NO.ClH/c17-16(18,19)12-7-5-10(6-8-12)15-14(21)9-11-3-1-2-4-13(11)20-15;/h1-9,21H;1H. The highest BCUT2D eigenvalue weighted by Gasteiger charge is 2.30. The molecule has 0 bridgehead atoms. The quantitative estimate of drug-likeness (QED) is 0.679. The molecular weight excluding hydrogens is 315 g/mol. The number of nitrogens with zero attached hydrogens (tertiary/aromatic N) is 1. The fraction of sp³-hybridized carbons (Fsp3) is 0.0625. The Kier molecular flexibility index (Phi) is 4.28. The number of alkyl halides is 3. The lowest BCUT2D eigenvalue weighted by Gasteiger charge is -2.09. The fourth-order valence-corrected chi connectivity index (χ4v) is 2.13. The molecule has 0 saturated carbocycles. The molecular formula is C16H11ClF3NO. The Morgan fingerprint density at radius 2 is 1.55 bits per heavy atom. The SMILES string of the molecule is Cl.Oc1cc2ccccc2nc1-c1ccc(C(F)(F)F)cc1. The van der Waals surface area contributed by atoms with Crippen LogP contribution in [-0.4, -0.2) is 10.1 Å². The smallest absolute Gasteiger partial charge is 0.416 e. The van der Waals surface area contributed by atoms with Gasteiger partial charge in [0.2, 0.25) is 0 Å². The van der Waals surface area contributed by atoms with Gasteiger partial charge in [-0.05, 0) is 24.3 Å². The van der Waals surface area contributed by atoms with Gasteiger partial charge in [0, 0.05) is 10.9 Å².